The number of piperidine rings is 1. The van der Waals surface area contributed by atoms with Gasteiger partial charge in [-0.05, 0) is 49.8 Å². The maximum Gasteiger partial charge on any atom is 0.230 e. The Morgan fingerprint density at radius 1 is 1.17 bits per heavy atom. The van der Waals surface area contributed by atoms with Crippen LogP contribution in [0, 0.1) is 17.2 Å². The van der Waals surface area contributed by atoms with Crippen molar-refractivity contribution in [3.05, 3.63) is 35.6 Å². The van der Waals surface area contributed by atoms with E-state index in [4.69, 9.17) is 0 Å². The summed E-state index contributed by atoms with van der Waals surface area (Å²) in [6.45, 7) is 2.57. The van der Waals surface area contributed by atoms with Crippen LogP contribution in [-0.2, 0) is 16.1 Å². The van der Waals surface area contributed by atoms with Crippen molar-refractivity contribution in [3.8, 4) is 0 Å². The summed E-state index contributed by atoms with van der Waals surface area (Å²) in [5.74, 6) is 0.374. The van der Waals surface area contributed by atoms with E-state index in [1.54, 1.807) is 12.1 Å². The van der Waals surface area contributed by atoms with Crippen LogP contribution in [0.3, 0.4) is 0 Å². The van der Waals surface area contributed by atoms with Gasteiger partial charge in [-0.3, -0.25) is 9.59 Å². The minimum absolute atomic E-state index is 0.171. The van der Waals surface area contributed by atoms with Crippen molar-refractivity contribution in [1.82, 2.24) is 9.80 Å². The number of carbonyl (C=O) groups excluding carboxylic acids is 2. The lowest BCUT2D eigenvalue weighted by molar-refractivity contribution is -0.147. The average molecular weight is 330 g/mol. The zero-order valence-electron chi connectivity index (χ0n) is 13.8. The van der Waals surface area contributed by atoms with Gasteiger partial charge in [0.15, 0.2) is 0 Å². The third-order valence-corrected chi connectivity index (χ3v) is 5.70. The first-order valence-corrected chi connectivity index (χ1v) is 8.90. The summed E-state index contributed by atoms with van der Waals surface area (Å²) in [7, 11) is 0. The number of benzene rings is 1. The van der Waals surface area contributed by atoms with E-state index in [1.165, 1.54) is 12.1 Å². The van der Waals surface area contributed by atoms with E-state index in [-0.39, 0.29) is 29.0 Å². The summed E-state index contributed by atoms with van der Waals surface area (Å²) in [4.78, 5) is 29.2. The van der Waals surface area contributed by atoms with Gasteiger partial charge in [-0.15, -0.1) is 0 Å². The molecule has 1 aliphatic carbocycles. The molecule has 1 saturated carbocycles. The maximum atomic E-state index is 13.1. The molecule has 5 heteroatoms. The highest BCUT2D eigenvalue weighted by molar-refractivity contribution is 5.87. The van der Waals surface area contributed by atoms with Crippen LogP contribution in [0.25, 0.3) is 0 Å². The van der Waals surface area contributed by atoms with E-state index in [9.17, 15) is 14.0 Å². The maximum absolute atomic E-state index is 13.1. The van der Waals surface area contributed by atoms with Gasteiger partial charge in [0.05, 0.1) is 5.41 Å². The minimum atomic E-state index is -0.386. The fourth-order valence-electron chi connectivity index (χ4n) is 4.14. The normalized spacial score (nSPS) is 27.1. The molecule has 2 amide bonds. The summed E-state index contributed by atoms with van der Waals surface area (Å²) in [6.07, 6.45) is 4.64. The fraction of sp³-hybridized carbons (Fsp3) is 0.579. The highest BCUT2D eigenvalue weighted by Crippen LogP contribution is 2.42. The lowest BCUT2D eigenvalue weighted by Crippen LogP contribution is -2.50. The first-order valence-electron chi connectivity index (χ1n) is 8.90. The Morgan fingerprint density at radius 3 is 2.62 bits per heavy atom. The van der Waals surface area contributed by atoms with Crippen LogP contribution in [0.2, 0.25) is 0 Å². The molecule has 24 heavy (non-hydrogen) atoms. The molecule has 2 saturated heterocycles. The Balaban J connectivity index is 1.46. The Hall–Kier alpha value is -1.91. The topological polar surface area (TPSA) is 40.6 Å². The lowest BCUT2D eigenvalue weighted by Gasteiger charge is -2.39. The number of nitrogens with zero attached hydrogens (tertiary/aromatic N) is 2. The van der Waals surface area contributed by atoms with Crippen LogP contribution in [0.5, 0.6) is 0 Å². The summed E-state index contributed by atoms with van der Waals surface area (Å²) in [5.41, 5.74) is 0.564. The average Bonchev–Trinajstić information content (AvgIpc) is 3.35. The number of carbonyl (C=O) groups is 2. The van der Waals surface area contributed by atoms with Gasteiger partial charge >= 0.3 is 0 Å². The molecule has 0 unspecified atom stereocenters. The zero-order chi connectivity index (χ0) is 16.7. The molecular formula is C19H23FN2O2. The Morgan fingerprint density at radius 2 is 1.92 bits per heavy atom. The largest absolute Gasteiger partial charge is 0.341 e. The first kappa shape index (κ1) is 15.6. The van der Waals surface area contributed by atoms with Crippen molar-refractivity contribution in [3.63, 3.8) is 0 Å². The molecule has 0 bridgehead atoms. The molecular weight excluding hydrogens is 307 g/mol. The predicted octanol–water partition coefficient (Wildman–Crippen LogP) is 2.58. The molecule has 0 radical (unpaired) electrons. The highest BCUT2D eigenvalue weighted by Gasteiger charge is 2.50. The molecule has 3 aliphatic rings. The molecule has 3 fully saturated rings. The number of hydrogen-bond donors (Lipinski definition) is 0. The number of rotatable bonds is 3. The number of likely N-dealkylation sites (tertiary alicyclic amines) is 2. The van der Waals surface area contributed by atoms with E-state index >= 15 is 0 Å². The Bertz CT molecular complexity index is 656. The van der Waals surface area contributed by atoms with Gasteiger partial charge in [0.25, 0.3) is 0 Å². The van der Waals surface area contributed by atoms with Gasteiger partial charge in [-0.2, -0.15) is 0 Å². The van der Waals surface area contributed by atoms with Crippen molar-refractivity contribution >= 4 is 11.8 Å². The highest BCUT2D eigenvalue weighted by atomic mass is 19.1. The van der Waals surface area contributed by atoms with Crippen LogP contribution in [0.1, 0.15) is 37.7 Å². The van der Waals surface area contributed by atoms with E-state index < -0.39 is 0 Å². The van der Waals surface area contributed by atoms with Gasteiger partial charge in [0.2, 0.25) is 11.8 Å². The second kappa shape index (κ2) is 5.87. The van der Waals surface area contributed by atoms with E-state index in [0.29, 0.717) is 19.6 Å². The molecule has 128 valence electrons. The Kier molecular flexibility index (Phi) is 3.82. The summed E-state index contributed by atoms with van der Waals surface area (Å²) >= 11 is 0. The van der Waals surface area contributed by atoms with Crippen molar-refractivity contribution in [2.75, 3.05) is 19.6 Å². The van der Waals surface area contributed by atoms with Crippen LogP contribution in [-0.4, -0.2) is 41.2 Å². The van der Waals surface area contributed by atoms with Crippen LogP contribution in [0.4, 0.5) is 4.39 Å². The molecule has 0 aromatic heterocycles. The zero-order valence-corrected chi connectivity index (χ0v) is 13.8. The SMILES string of the molecule is O=C(C1CC1)N1CC[C@@]2(CCCN(Cc3ccc(F)cc3)C2=O)C1. The molecule has 4 nitrogen and oxygen atoms in total. The van der Waals surface area contributed by atoms with Crippen molar-refractivity contribution in [2.45, 2.75) is 38.6 Å². The van der Waals surface area contributed by atoms with Crippen molar-refractivity contribution < 1.29 is 14.0 Å². The smallest absolute Gasteiger partial charge is 0.230 e. The second-order valence-electron chi connectivity index (χ2n) is 7.52. The van der Waals surface area contributed by atoms with Crippen LogP contribution in [0.15, 0.2) is 24.3 Å². The molecule has 1 spiro atoms. The molecule has 2 heterocycles. The number of amides is 2. The lowest BCUT2D eigenvalue weighted by atomic mass is 9.78. The molecule has 1 aromatic carbocycles. The van der Waals surface area contributed by atoms with Gasteiger partial charge in [0, 0.05) is 32.1 Å². The molecule has 1 atom stereocenters. The second-order valence-corrected chi connectivity index (χ2v) is 7.52. The van der Waals surface area contributed by atoms with E-state index in [0.717, 1.165) is 44.2 Å². The fourth-order valence-corrected chi connectivity index (χ4v) is 4.14. The van der Waals surface area contributed by atoms with Gasteiger partial charge in [0.1, 0.15) is 5.82 Å². The van der Waals surface area contributed by atoms with Gasteiger partial charge in [-0.25, -0.2) is 4.39 Å². The van der Waals surface area contributed by atoms with Gasteiger partial charge in [-0.1, -0.05) is 12.1 Å². The van der Waals surface area contributed by atoms with Crippen LogP contribution >= 0.6 is 0 Å². The Labute approximate surface area is 141 Å². The molecule has 0 N–H and O–H groups in total. The summed E-state index contributed by atoms with van der Waals surface area (Å²) < 4.78 is 13.1. The van der Waals surface area contributed by atoms with Crippen molar-refractivity contribution in [1.29, 1.82) is 0 Å². The minimum Gasteiger partial charge on any atom is -0.341 e. The third-order valence-electron chi connectivity index (χ3n) is 5.70. The van der Waals surface area contributed by atoms with Gasteiger partial charge < -0.3 is 9.80 Å². The third kappa shape index (κ3) is 2.80. The predicted molar refractivity (Wildman–Crippen MR) is 87.4 cm³/mol. The number of halogens is 1. The van der Waals surface area contributed by atoms with Crippen LogP contribution < -0.4 is 0 Å². The van der Waals surface area contributed by atoms with E-state index in [2.05, 4.69) is 0 Å². The quantitative estimate of drug-likeness (QED) is 0.855. The molecule has 1 aromatic rings. The molecule has 4 rings (SSSR count). The number of hydrogen-bond acceptors (Lipinski definition) is 2. The summed E-state index contributed by atoms with van der Waals surface area (Å²) in [5, 5.41) is 0. The molecule has 2 aliphatic heterocycles. The summed E-state index contributed by atoms with van der Waals surface area (Å²) in [6, 6.07) is 6.35. The first-order chi connectivity index (χ1) is 11.6. The monoisotopic (exact) mass is 330 g/mol. The van der Waals surface area contributed by atoms with E-state index in [1.807, 2.05) is 9.80 Å². The van der Waals surface area contributed by atoms with Crippen molar-refractivity contribution in [2.24, 2.45) is 11.3 Å². The standard InChI is InChI=1S/C19H23FN2O2/c20-16-6-2-14(3-7-16)12-21-10-1-8-19(18(21)24)9-11-22(13-19)17(23)15-4-5-15/h2-3,6-7,15H,1,4-5,8-13H2/t19-/m0/s1.